The summed E-state index contributed by atoms with van der Waals surface area (Å²) >= 11 is 0. The zero-order valence-corrected chi connectivity index (χ0v) is 21.6. The van der Waals surface area contributed by atoms with Crippen LogP contribution in [-0.4, -0.2) is 48.0 Å². The Balaban J connectivity index is 1.36. The van der Waals surface area contributed by atoms with E-state index >= 15 is 0 Å². The Labute approximate surface area is 222 Å². The number of anilines is 2. The van der Waals surface area contributed by atoms with E-state index in [1.807, 2.05) is 0 Å². The smallest absolute Gasteiger partial charge is 0.294 e. The first kappa shape index (κ1) is 27.8. The van der Waals surface area contributed by atoms with Crippen molar-refractivity contribution < 1.29 is 45.7 Å². The van der Waals surface area contributed by atoms with Gasteiger partial charge in [0.2, 0.25) is 11.8 Å². The number of hydrogen-bond donors (Lipinski definition) is 6. The summed E-state index contributed by atoms with van der Waals surface area (Å²) in [6, 6.07) is 13.0. The van der Waals surface area contributed by atoms with E-state index in [4.69, 9.17) is 0 Å². The van der Waals surface area contributed by atoms with Crippen LogP contribution in [0.25, 0.3) is 21.5 Å². The van der Waals surface area contributed by atoms with Gasteiger partial charge in [-0.05, 0) is 65.7 Å². The zero-order chi connectivity index (χ0) is 28.5. The largest absolute Gasteiger partial charge is 0.507 e. The molecule has 12 nitrogen and oxygen atoms in total. The first-order chi connectivity index (χ1) is 18.2. The summed E-state index contributed by atoms with van der Waals surface area (Å²) in [5.41, 5.74) is 0.625. The summed E-state index contributed by atoms with van der Waals surface area (Å²) in [4.78, 5) is 23.7. The molecule has 0 radical (unpaired) electrons. The number of fused-ring (bicyclic) bond motifs is 2. The highest BCUT2D eigenvalue weighted by atomic mass is 32.2. The highest BCUT2D eigenvalue weighted by Crippen LogP contribution is 2.32. The van der Waals surface area contributed by atoms with E-state index in [0.29, 0.717) is 22.1 Å². The molecule has 0 spiro atoms. The third-order valence-corrected chi connectivity index (χ3v) is 7.44. The molecular formula is C25H22N2O10S2. The Morgan fingerprint density at radius 3 is 1.36 bits per heavy atom. The average molecular weight is 575 g/mol. The van der Waals surface area contributed by atoms with Crippen molar-refractivity contribution in [2.45, 2.75) is 29.1 Å². The number of rotatable bonds is 8. The Kier molecular flexibility index (Phi) is 7.48. The minimum absolute atomic E-state index is 0.0227. The van der Waals surface area contributed by atoms with E-state index in [2.05, 4.69) is 10.6 Å². The maximum absolute atomic E-state index is 12.4. The number of carbonyl (C=O) groups is 2. The summed E-state index contributed by atoms with van der Waals surface area (Å²) in [7, 11) is -9.09. The maximum atomic E-state index is 12.4. The van der Waals surface area contributed by atoms with E-state index in [0.717, 1.165) is 24.3 Å². The quantitative estimate of drug-likeness (QED) is 0.168. The molecule has 0 bridgehead atoms. The minimum atomic E-state index is -4.55. The molecule has 39 heavy (non-hydrogen) atoms. The molecule has 4 rings (SSSR count). The van der Waals surface area contributed by atoms with Crippen LogP contribution in [0.1, 0.15) is 19.3 Å². The lowest BCUT2D eigenvalue weighted by molar-refractivity contribution is -0.117. The van der Waals surface area contributed by atoms with Crippen LogP contribution in [0.15, 0.2) is 70.5 Å². The molecule has 204 valence electrons. The van der Waals surface area contributed by atoms with Gasteiger partial charge in [0.1, 0.15) is 11.5 Å². The van der Waals surface area contributed by atoms with Gasteiger partial charge in [-0.15, -0.1) is 0 Å². The summed E-state index contributed by atoms with van der Waals surface area (Å²) in [5.74, 6) is -1.55. The average Bonchev–Trinajstić information content (AvgIpc) is 2.82. The number of nitrogens with one attached hydrogen (secondary N) is 2. The van der Waals surface area contributed by atoms with Crippen molar-refractivity contribution in [2.24, 2.45) is 0 Å². The highest BCUT2D eigenvalue weighted by Gasteiger charge is 2.16. The molecule has 0 heterocycles. The molecular weight excluding hydrogens is 552 g/mol. The van der Waals surface area contributed by atoms with Crippen molar-refractivity contribution in [1.82, 2.24) is 0 Å². The third kappa shape index (κ3) is 6.61. The van der Waals surface area contributed by atoms with Gasteiger partial charge in [-0.2, -0.15) is 16.8 Å². The molecule has 0 saturated carbocycles. The number of phenolic OH excluding ortho intramolecular Hbond substituents is 2. The van der Waals surface area contributed by atoms with Gasteiger partial charge in [0, 0.05) is 47.1 Å². The molecule has 0 unspecified atom stereocenters. The molecule has 6 N–H and O–H groups in total. The molecule has 0 fully saturated rings. The lowest BCUT2D eigenvalue weighted by Gasteiger charge is -2.10. The first-order valence-electron chi connectivity index (χ1n) is 11.3. The van der Waals surface area contributed by atoms with Gasteiger partial charge in [-0.25, -0.2) is 0 Å². The molecule has 0 aromatic heterocycles. The normalized spacial score (nSPS) is 11.9. The second-order valence-corrected chi connectivity index (χ2v) is 11.5. The van der Waals surface area contributed by atoms with Crippen molar-refractivity contribution in [2.75, 3.05) is 10.6 Å². The van der Waals surface area contributed by atoms with Crippen LogP contribution in [0.3, 0.4) is 0 Å². The van der Waals surface area contributed by atoms with E-state index in [1.165, 1.54) is 36.4 Å². The van der Waals surface area contributed by atoms with Crippen LogP contribution in [0.5, 0.6) is 11.5 Å². The highest BCUT2D eigenvalue weighted by molar-refractivity contribution is 7.86. The lowest BCUT2D eigenvalue weighted by Crippen LogP contribution is -2.14. The van der Waals surface area contributed by atoms with E-state index < -0.39 is 41.8 Å². The predicted octanol–water partition coefficient (Wildman–Crippen LogP) is 3.65. The fraction of sp³-hybridized carbons (Fsp3) is 0.120. The van der Waals surface area contributed by atoms with Gasteiger partial charge in [0.15, 0.2) is 0 Å². The molecule has 4 aromatic rings. The molecule has 0 atom stereocenters. The van der Waals surface area contributed by atoms with Crippen LogP contribution in [0.4, 0.5) is 11.4 Å². The monoisotopic (exact) mass is 574 g/mol. The SMILES string of the molecule is O=C(CCCC(=O)Nc1ccc2c(O)cc(S(=O)(=O)O)cc2c1)Nc1ccc2c(O)cc(S(=O)(=O)O)cc2c1. The number of aromatic hydroxyl groups is 2. The number of carbonyl (C=O) groups excluding carboxylic acids is 2. The van der Waals surface area contributed by atoms with Gasteiger partial charge in [0.25, 0.3) is 20.2 Å². The first-order valence-corrected chi connectivity index (χ1v) is 14.2. The standard InChI is InChI=1S/C25H22N2O10S2/c28-22-12-18(38(32,33)34)10-14-8-16(4-6-20(14)22)26-24(30)2-1-3-25(31)27-17-5-7-21-15(9-17)11-19(13-23(21)29)39(35,36)37/h4-13,28-29H,1-3H2,(H,26,30)(H,27,31)(H,32,33,34)(H,35,36,37). The van der Waals surface area contributed by atoms with Gasteiger partial charge < -0.3 is 20.8 Å². The van der Waals surface area contributed by atoms with Crippen LogP contribution < -0.4 is 10.6 Å². The molecule has 2 amide bonds. The van der Waals surface area contributed by atoms with Gasteiger partial charge in [0.05, 0.1) is 9.79 Å². The van der Waals surface area contributed by atoms with Gasteiger partial charge in [-0.3, -0.25) is 18.7 Å². The van der Waals surface area contributed by atoms with E-state index in [1.54, 1.807) is 0 Å². The maximum Gasteiger partial charge on any atom is 0.294 e. The van der Waals surface area contributed by atoms with Crippen LogP contribution in [0, 0.1) is 0 Å². The Hall–Kier alpha value is -4.24. The summed E-state index contributed by atoms with van der Waals surface area (Å²) in [6.07, 6.45) is 0.135. The second kappa shape index (κ2) is 10.5. The Morgan fingerprint density at radius 2 is 1.00 bits per heavy atom. The van der Waals surface area contributed by atoms with E-state index in [-0.39, 0.29) is 41.5 Å². The number of hydrogen-bond acceptors (Lipinski definition) is 8. The minimum Gasteiger partial charge on any atom is -0.507 e. The van der Waals surface area contributed by atoms with Crippen molar-refractivity contribution in [3.05, 3.63) is 60.7 Å². The number of benzene rings is 4. The van der Waals surface area contributed by atoms with Crippen molar-refractivity contribution in [3.63, 3.8) is 0 Å². The van der Waals surface area contributed by atoms with E-state index in [9.17, 15) is 45.7 Å². The number of phenols is 2. The topological polar surface area (TPSA) is 207 Å². The van der Waals surface area contributed by atoms with Crippen molar-refractivity contribution in [1.29, 1.82) is 0 Å². The summed E-state index contributed by atoms with van der Waals surface area (Å²) < 4.78 is 64.1. The lowest BCUT2D eigenvalue weighted by atomic mass is 10.1. The zero-order valence-electron chi connectivity index (χ0n) is 19.9. The summed E-state index contributed by atoms with van der Waals surface area (Å²) in [6.45, 7) is 0. The van der Waals surface area contributed by atoms with Crippen LogP contribution >= 0.6 is 0 Å². The second-order valence-electron chi connectivity index (χ2n) is 8.66. The molecule has 0 aliphatic heterocycles. The van der Waals surface area contributed by atoms with Gasteiger partial charge in [-0.1, -0.05) is 0 Å². The fourth-order valence-electron chi connectivity index (χ4n) is 3.96. The molecule has 0 aliphatic carbocycles. The van der Waals surface area contributed by atoms with Crippen molar-refractivity contribution >= 4 is 65.0 Å². The Bertz CT molecular complexity index is 1720. The summed E-state index contributed by atoms with van der Waals surface area (Å²) in [5, 5.41) is 26.5. The van der Waals surface area contributed by atoms with Gasteiger partial charge >= 0.3 is 0 Å². The van der Waals surface area contributed by atoms with Crippen LogP contribution in [-0.2, 0) is 29.8 Å². The number of amides is 2. The fourth-order valence-corrected chi connectivity index (χ4v) is 5.03. The Morgan fingerprint density at radius 1 is 0.615 bits per heavy atom. The molecule has 4 aromatic carbocycles. The molecule has 0 aliphatic rings. The third-order valence-electron chi connectivity index (χ3n) is 5.78. The predicted molar refractivity (Wildman–Crippen MR) is 142 cm³/mol. The van der Waals surface area contributed by atoms with Crippen molar-refractivity contribution in [3.8, 4) is 11.5 Å². The molecule has 14 heteroatoms. The van der Waals surface area contributed by atoms with Crippen LogP contribution in [0.2, 0.25) is 0 Å². The molecule has 0 saturated heterocycles.